The average Bonchev–Trinajstić information content (AvgIpc) is 3.01. The molecule has 0 spiro atoms. The van der Waals surface area contributed by atoms with Gasteiger partial charge in [-0.05, 0) is 81.2 Å². The van der Waals surface area contributed by atoms with E-state index in [2.05, 4.69) is 47.6 Å². The fraction of sp³-hybridized carbons (Fsp3) is 0.647. The van der Waals surface area contributed by atoms with Crippen LogP contribution >= 0.6 is 0 Å². The second-order valence-electron chi connectivity index (χ2n) is 5.89. The van der Waals surface area contributed by atoms with Crippen LogP contribution in [0.2, 0.25) is 0 Å². The van der Waals surface area contributed by atoms with Crippen molar-refractivity contribution in [2.45, 2.75) is 72.5 Å². The summed E-state index contributed by atoms with van der Waals surface area (Å²) in [7, 11) is 0. The maximum Gasteiger partial charge on any atom is 0.0844 e. The number of hydrogen-bond donors (Lipinski definition) is 0. The standard InChI is InChI=1S/C17H26O/c1-7-15(9-16-14(6)18-16)17-12(4)10(2)8-11(3)13(17)5/h8,14-16H,7,9H2,1-6H3. The summed E-state index contributed by atoms with van der Waals surface area (Å²) in [5.74, 6) is 0.651. The summed E-state index contributed by atoms with van der Waals surface area (Å²) in [5.41, 5.74) is 7.40. The number of ether oxygens (including phenoxy) is 1. The SMILES string of the molecule is CCC(CC1OC1C)c1c(C)c(C)cc(C)c1C. The van der Waals surface area contributed by atoms with E-state index in [0.29, 0.717) is 18.1 Å². The fourth-order valence-electron chi connectivity index (χ4n) is 3.11. The summed E-state index contributed by atoms with van der Waals surface area (Å²) in [4.78, 5) is 0. The lowest BCUT2D eigenvalue weighted by Crippen LogP contribution is -2.09. The highest BCUT2D eigenvalue weighted by molar-refractivity contribution is 5.46. The number of benzene rings is 1. The topological polar surface area (TPSA) is 12.5 Å². The van der Waals surface area contributed by atoms with E-state index < -0.39 is 0 Å². The van der Waals surface area contributed by atoms with Gasteiger partial charge in [0.2, 0.25) is 0 Å². The smallest absolute Gasteiger partial charge is 0.0844 e. The third-order valence-electron chi connectivity index (χ3n) is 4.68. The number of aryl methyl sites for hydroxylation is 2. The lowest BCUT2D eigenvalue weighted by molar-refractivity contribution is 0.357. The van der Waals surface area contributed by atoms with Crippen LogP contribution in [0.1, 0.15) is 60.4 Å². The molecule has 0 aromatic heterocycles. The molecule has 3 atom stereocenters. The Bertz CT molecular complexity index is 421. The average molecular weight is 246 g/mol. The van der Waals surface area contributed by atoms with Crippen molar-refractivity contribution < 1.29 is 4.74 Å². The van der Waals surface area contributed by atoms with Crippen LogP contribution in [0.15, 0.2) is 6.07 Å². The van der Waals surface area contributed by atoms with Crippen LogP contribution in [0.5, 0.6) is 0 Å². The molecule has 0 saturated carbocycles. The molecule has 1 nitrogen and oxygen atoms in total. The molecular formula is C17H26O. The van der Waals surface area contributed by atoms with Crippen molar-refractivity contribution in [2.75, 3.05) is 0 Å². The first kappa shape index (κ1) is 13.6. The number of epoxide rings is 1. The summed E-state index contributed by atoms with van der Waals surface area (Å²) in [6, 6.07) is 2.32. The van der Waals surface area contributed by atoms with Gasteiger partial charge in [0, 0.05) is 0 Å². The summed E-state index contributed by atoms with van der Waals surface area (Å²) in [5, 5.41) is 0. The Kier molecular flexibility index (Phi) is 3.82. The highest BCUT2D eigenvalue weighted by atomic mass is 16.6. The molecule has 2 rings (SSSR count). The molecule has 1 aliphatic rings. The number of hydrogen-bond acceptors (Lipinski definition) is 1. The van der Waals surface area contributed by atoms with Gasteiger partial charge in [-0.15, -0.1) is 0 Å². The lowest BCUT2D eigenvalue weighted by atomic mass is 9.82. The third kappa shape index (κ3) is 2.47. The normalized spacial score (nSPS) is 24.1. The minimum absolute atomic E-state index is 0.477. The molecule has 100 valence electrons. The van der Waals surface area contributed by atoms with Gasteiger partial charge in [0.05, 0.1) is 12.2 Å². The molecule has 1 fully saturated rings. The molecule has 0 bridgehead atoms. The van der Waals surface area contributed by atoms with Crippen LogP contribution in [-0.2, 0) is 4.74 Å². The van der Waals surface area contributed by atoms with Crippen molar-refractivity contribution in [1.29, 1.82) is 0 Å². The van der Waals surface area contributed by atoms with Gasteiger partial charge in [-0.1, -0.05) is 13.0 Å². The van der Waals surface area contributed by atoms with Crippen molar-refractivity contribution in [1.82, 2.24) is 0 Å². The maximum atomic E-state index is 5.61. The maximum absolute atomic E-state index is 5.61. The van der Waals surface area contributed by atoms with Crippen molar-refractivity contribution in [3.8, 4) is 0 Å². The quantitative estimate of drug-likeness (QED) is 0.708. The van der Waals surface area contributed by atoms with E-state index in [1.807, 2.05) is 0 Å². The monoisotopic (exact) mass is 246 g/mol. The zero-order valence-corrected chi connectivity index (χ0v) is 12.6. The van der Waals surface area contributed by atoms with Gasteiger partial charge in [-0.3, -0.25) is 0 Å². The Hall–Kier alpha value is -0.820. The van der Waals surface area contributed by atoms with Gasteiger partial charge in [0.15, 0.2) is 0 Å². The fourth-order valence-corrected chi connectivity index (χ4v) is 3.11. The number of rotatable bonds is 4. The van der Waals surface area contributed by atoms with Crippen LogP contribution in [-0.4, -0.2) is 12.2 Å². The minimum atomic E-state index is 0.477. The van der Waals surface area contributed by atoms with Crippen molar-refractivity contribution in [2.24, 2.45) is 0 Å². The predicted octanol–water partition coefficient (Wildman–Crippen LogP) is 4.59. The van der Waals surface area contributed by atoms with Gasteiger partial charge in [-0.2, -0.15) is 0 Å². The summed E-state index contributed by atoms with van der Waals surface area (Å²) in [6.07, 6.45) is 3.36. The van der Waals surface area contributed by atoms with Gasteiger partial charge in [0.1, 0.15) is 0 Å². The summed E-state index contributed by atoms with van der Waals surface area (Å²) < 4.78 is 5.61. The van der Waals surface area contributed by atoms with E-state index in [1.165, 1.54) is 35.1 Å². The Labute approximate surface area is 112 Å². The Morgan fingerprint density at radius 2 is 1.61 bits per heavy atom. The first-order valence-electron chi connectivity index (χ1n) is 7.18. The molecule has 0 N–H and O–H groups in total. The first-order valence-corrected chi connectivity index (χ1v) is 7.18. The second-order valence-corrected chi connectivity index (χ2v) is 5.89. The predicted molar refractivity (Wildman–Crippen MR) is 77.4 cm³/mol. The molecule has 1 aromatic carbocycles. The third-order valence-corrected chi connectivity index (χ3v) is 4.68. The van der Waals surface area contributed by atoms with Gasteiger partial charge in [-0.25, -0.2) is 0 Å². The van der Waals surface area contributed by atoms with Crippen molar-refractivity contribution in [3.05, 3.63) is 33.9 Å². The first-order chi connectivity index (χ1) is 8.45. The molecular weight excluding hydrogens is 220 g/mol. The summed E-state index contributed by atoms with van der Waals surface area (Å²) >= 11 is 0. The highest BCUT2D eigenvalue weighted by Gasteiger charge is 2.36. The van der Waals surface area contributed by atoms with E-state index >= 15 is 0 Å². The Morgan fingerprint density at radius 3 is 2.00 bits per heavy atom. The van der Waals surface area contributed by atoms with E-state index in [4.69, 9.17) is 4.74 Å². The molecule has 3 unspecified atom stereocenters. The molecule has 1 heterocycles. The van der Waals surface area contributed by atoms with Crippen LogP contribution in [0.25, 0.3) is 0 Å². The second kappa shape index (κ2) is 5.05. The molecule has 18 heavy (non-hydrogen) atoms. The zero-order chi connectivity index (χ0) is 13.4. The van der Waals surface area contributed by atoms with Crippen LogP contribution < -0.4 is 0 Å². The van der Waals surface area contributed by atoms with Crippen molar-refractivity contribution >= 4 is 0 Å². The van der Waals surface area contributed by atoms with E-state index in [1.54, 1.807) is 5.56 Å². The molecule has 1 aliphatic heterocycles. The molecule has 1 saturated heterocycles. The van der Waals surface area contributed by atoms with E-state index in [-0.39, 0.29) is 0 Å². The van der Waals surface area contributed by atoms with Gasteiger partial charge in [0.25, 0.3) is 0 Å². The molecule has 0 amide bonds. The van der Waals surface area contributed by atoms with Crippen LogP contribution in [0.3, 0.4) is 0 Å². The van der Waals surface area contributed by atoms with Crippen LogP contribution in [0, 0.1) is 27.7 Å². The van der Waals surface area contributed by atoms with Crippen LogP contribution in [0.4, 0.5) is 0 Å². The molecule has 0 aliphatic carbocycles. The Balaban J connectivity index is 2.34. The molecule has 0 radical (unpaired) electrons. The molecule has 1 aromatic rings. The van der Waals surface area contributed by atoms with Crippen molar-refractivity contribution in [3.63, 3.8) is 0 Å². The van der Waals surface area contributed by atoms with Gasteiger partial charge < -0.3 is 4.74 Å². The largest absolute Gasteiger partial charge is 0.370 e. The highest BCUT2D eigenvalue weighted by Crippen LogP contribution is 2.38. The van der Waals surface area contributed by atoms with E-state index in [9.17, 15) is 0 Å². The zero-order valence-electron chi connectivity index (χ0n) is 12.6. The lowest BCUT2D eigenvalue weighted by Gasteiger charge is -2.22. The van der Waals surface area contributed by atoms with E-state index in [0.717, 1.165) is 0 Å². The minimum Gasteiger partial charge on any atom is -0.370 e. The summed E-state index contributed by atoms with van der Waals surface area (Å²) in [6.45, 7) is 13.5. The Morgan fingerprint density at radius 1 is 1.11 bits per heavy atom. The van der Waals surface area contributed by atoms with Gasteiger partial charge >= 0.3 is 0 Å². The molecule has 1 heteroatoms.